The van der Waals surface area contributed by atoms with Crippen molar-refractivity contribution < 1.29 is 4.79 Å². The van der Waals surface area contributed by atoms with Crippen LogP contribution < -0.4 is 21.9 Å². The zero-order valence-electron chi connectivity index (χ0n) is 17.5. The van der Waals surface area contributed by atoms with E-state index in [4.69, 9.17) is 5.73 Å². The number of nitrogen functional groups attached to an aromatic ring is 1. The van der Waals surface area contributed by atoms with Gasteiger partial charge in [-0.2, -0.15) is 0 Å². The number of nitrogens with zero attached hydrogens (tertiary/aromatic N) is 2. The Hall–Kier alpha value is -2.48. The topological polar surface area (TPSA) is 101 Å². The van der Waals surface area contributed by atoms with Gasteiger partial charge in [-0.05, 0) is 31.4 Å². The summed E-state index contributed by atoms with van der Waals surface area (Å²) in [4.78, 5) is 42.5. The predicted molar refractivity (Wildman–Crippen MR) is 120 cm³/mol. The highest BCUT2D eigenvalue weighted by atomic mass is 32.2. The molecule has 8 heteroatoms. The van der Waals surface area contributed by atoms with Gasteiger partial charge in [0.25, 0.3) is 5.56 Å². The lowest BCUT2D eigenvalue weighted by Crippen LogP contribution is -2.42. The van der Waals surface area contributed by atoms with Crippen molar-refractivity contribution in [2.45, 2.75) is 52.0 Å². The molecule has 0 aliphatic heterocycles. The first-order valence-corrected chi connectivity index (χ1v) is 10.9. The molecular weight excluding hydrogens is 388 g/mol. The Labute approximate surface area is 175 Å². The third-order valence-corrected chi connectivity index (χ3v) is 5.45. The van der Waals surface area contributed by atoms with Crippen LogP contribution in [0.5, 0.6) is 0 Å². The molecule has 0 saturated heterocycles. The molecule has 7 nitrogen and oxygen atoms in total. The molecule has 0 radical (unpaired) electrons. The first-order valence-electron chi connectivity index (χ1n) is 9.87. The van der Waals surface area contributed by atoms with Gasteiger partial charge < -0.3 is 10.6 Å². The van der Waals surface area contributed by atoms with Crippen molar-refractivity contribution in [3.63, 3.8) is 0 Å². The average Bonchev–Trinajstić information content (AvgIpc) is 2.66. The zero-order valence-corrected chi connectivity index (χ0v) is 18.3. The fourth-order valence-electron chi connectivity index (χ4n) is 2.92. The van der Waals surface area contributed by atoms with Crippen LogP contribution in [0.4, 0.5) is 11.5 Å². The molecule has 2 rings (SSSR count). The van der Waals surface area contributed by atoms with Crippen LogP contribution >= 0.6 is 11.8 Å². The number of hydrogen-bond donors (Lipinski definition) is 2. The van der Waals surface area contributed by atoms with Gasteiger partial charge in [0, 0.05) is 18.0 Å². The highest BCUT2D eigenvalue weighted by Gasteiger charge is 2.24. The zero-order chi connectivity index (χ0) is 21.6. The third-order valence-electron chi connectivity index (χ3n) is 4.45. The number of anilines is 2. The van der Waals surface area contributed by atoms with Gasteiger partial charge in [0.15, 0.2) is 5.69 Å². The molecule has 0 aliphatic carbocycles. The van der Waals surface area contributed by atoms with Crippen molar-refractivity contribution in [2.75, 3.05) is 22.9 Å². The van der Waals surface area contributed by atoms with Gasteiger partial charge >= 0.3 is 5.69 Å². The Kier molecular flexibility index (Phi) is 8.13. The van der Waals surface area contributed by atoms with Gasteiger partial charge in [0.1, 0.15) is 5.82 Å². The minimum absolute atomic E-state index is 0.0391. The van der Waals surface area contributed by atoms with Crippen molar-refractivity contribution in [3.05, 3.63) is 50.7 Å². The van der Waals surface area contributed by atoms with Crippen molar-refractivity contribution in [1.29, 1.82) is 0 Å². The summed E-state index contributed by atoms with van der Waals surface area (Å²) in [6.45, 7) is 8.66. The number of hydrogen-bond acceptors (Lipinski definition) is 5. The van der Waals surface area contributed by atoms with Crippen LogP contribution in [-0.4, -0.2) is 27.8 Å². The number of unbranched alkanes of at least 4 members (excludes halogenated alkanes) is 1. The lowest BCUT2D eigenvalue weighted by atomic mass is 10.2. The van der Waals surface area contributed by atoms with Gasteiger partial charge in [-0.15, -0.1) is 11.8 Å². The number of thioether (sulfide) groups is 1. The number of carbonyl (C=O) groups excluding carboxylic acids is 1. The van der Waals surface area contributed by atoms with E-state index in [2.05, 4.69) is 4.98 Å². The Balaban J connectivity index is 2.35. The van der Waals surface area contributed by atoms with Gasteiger partial charge in [0.2, 0.25) is 5.91 Å². The highest BCUT2D eigenvalue weighted by molar-refractivity contribution is 8.00. The molecule has 0 aliphatic rings. The van der Waals surface area contributed by atoms with Crippen LogP contribution in [0, 0.1) is 12.8 Å². The monoisotopic (exact) mass is 418 g/mol. The van der Waals surface area contributed by atoms with E-state index in [-0.39, 0.29) is 29.1 Å². The predicted octanol–water partition coefficient (Wildman–Crippen LogP) is 3.01. The number of aromatic amines is 1. The number of amides is 1. The summed E-state index contributed by atoms with van der Waals surface area (Å²) in [5.74, 6) is 0.161. The first kappa shape index (κ1) is 22.8. The second kappa shape index (κ2) is 10.3. The SMILES string of the molecule is CCCCN(C(=O)CSc1ccc(C)cc1)c1c(N)n(CC(C)C)c(=O)[nH]c1=O. The number of benzene rings is 1. The van der Waals surface area contributed by atoms with Crippen molar-refractivity contribution in [2.24, 2.45) is 5.92 Å². The first-order chi connectivity index (χ1) is 13.7. The van der Waals surface area contributed by atoms with E-state index < -0.39 is 11.2 Å². The number of nitrogens with one attached hydrogen (secondary N) is 1. The summed E-state index contributed by atoms with van der Waals surface area (Å²) in [6.07, 6.45) is 1.58. The largest absolute Gasteiger partial charge is 0.383 e. The minimum atomic E-state index is -0.628. The number of rotatable bonds is 9. The van der Waals surface area contributed by atoms with E-state index in [0.29, 0.717) is 13.1 Å². The van der Waals surface area contributed by atoms with E-state index in [1.54, 1.807) is 0 Å². The van der Waals surface area contributed by atoms with Crippen LogP contribution in [-0.2, 0) is 11.3 Å². The number of H-pyrrole nitrogens is 1. The van der Waals surface area contributed by atoms with Crippen molar-refractivity contribution >= 4 is 29.2 Å². The second-order valence-electron chi connectivity index (χ2n) is 7.50. The lowest BCUT2D eigenvalue weighted by Gasteiger charge is -2.24. The van der Waals surface area contributed by atoms with E-state index in [1.807, 2.05) is 52.0 Å². The van der Waals surface area contributed by atoms with E-state index >= 15 is 0 Å². The quantitative estimate of drug-likeness (QED) is 0.610. The van der Waals surface area contributed by atoms with Gasteiger partial charge in [-0.25, -0.2) is 4.79 Å². The molecule has 0 bridgehead atoms. The Morgan fingerprint density at radius 2 is 1.90 bits per heavy atom. The summed E-state index contributed by atoms with van der Waals surface area (Å²) in [5, 5.41) is 0. The molecular formula is C21H30N4O3S. The van der Waals surface area contributed by atoms with Gasteiger partial charge in [-0.3, -0.25) is 19.1 Å². The maximum atomic E-state index is 13.0. The van der Waals surface area contributed by atoms with E-state index in [9.17, 15) is 14.4 Å². The minimum Gasteiger partial charge on any atom is -0.383 e. The van der Waals surface area contributed by atoms with E-state index in [1.165, 1.54) is 21.2 Å². The molecule has 0 atom stereocenters. The molecule has 0 saturated carbocycles. The summed E-state index contributed by atoms with van der Waals surface area (Å²) in [5.41, 5.74) is 6.24. The molecule has 0 unspecified atom stereocenters. The molecule has 0 spiro atoms. The third kappa shape index (κ3) is 6.00. The van der Waals surface area contributed by atoms with Gasteiger partial charge in [-0.1, -0.05) is 44.9 Å². The number of carbonyl (C=O) groups is 1. The standard InChI is InChI=1S/C21H30N4O3S/c1-5-6-11-24(17(26)13-29-16-9-7-15(4)8-10-16)18-19(22)25(12-14(2)3)21(28)23-20(18)27/h7-10,14H,5-6,11-13,22H2,1-4H3,(H,23,27,28). The second-order valence-corrected chi connectivity index (χ2v) is 8.55. The Morgan fingerprint density at radius 1 is 1.24 bits per heavy atom. The smallest absolute Gasteiger partial charge is 0.330 e. The van der Waals surface area contributed by atoms with Crippen LogP contribution in [0.3, 0.4) is 0 Å². The maximum absolute atomic E-state index is 13.0. The molecule has 2 aromatic rings. The summed E-state index contributed by atoms with van der Waals surface area (Å²) in [7, 11) is 0. The maximum Gasteiger partial charge on any atom is 0.330 e. The van der Waals surface area contributed by atoms with Crippen LogP contribution in [0.15, 0.2) is 38.8 Å². The Morgan fingerprint density at radius 3 is 2.48 bits per heavy atom. The number of aryl methyl sites for hydroxylation is 1. The highest BCUT2D eigenvalue weighted by Crippen LogP contribution is 2.23. The molecule has 158 valence electrons. The molecule has 1 amide bonds. The fraction of sp³-hybridized carbons (Fsp3) is 0.476. The van der Waals surface area contributed by atoms with Crippen molar-refractivity contribution in [1.82, 2.24) is 9.55 Å². The molecule has 1 aromatic carbocycles. The van der Waals surface area contributed by atoms with E-state index in [0.717, 1.165) is 23.3 Å². The molecule has 0 fully saturated rings. The lowest BCUT2D eigenvalue weighted by molar-refractivity contribution is -0.116. The number of nitrogens with two attached hydrogens (primary N) is 1. The molecule has 3 N–H and O–H groups in total. The van der Waals surface area contributed by atoms with Gasteiger partial charge in [0.05, 0.1) is 5.75 Å². The Bertz CT molecular complexity index is 948. The van der Waals surface area contributed by atoms with Crippen LogP contribution in [0.2, 0.25) is 0 Å². The summed E-state index contributed by atoms with van der Waals surface area (Å²) < 4.78 is 1.33. The fourth-order valence-corrected chi connectivity index (χ4v) is 3.69. The molecule has 1 heterocycles. The molecule has 1 aromatic heterocycles. The number of aromatic nitrogens is 2. The molecule has 29 heavy (non-hydrogen) atoms. The van der Waals surface area contributed by atoms with Crippen LogP contribution in [0.1, 0.15) is 39.2 Å². The van der Waals surface area contributed by atoms with Crippen LogP contribution in [0.25, 0.3) is 0 Å². The summed E-state index contributed by atoms with van der Waals surface area (Å²) >= 11 is 1.41. The summed E-state index contributed by atoms with van der Waals surface area (Å²) in [6, 6.07) is 7.92. The van der Waals surface area contributed by atoms with Crippen molar-refractivity contribution in [3.8, 4) is 0 Å². The average molecular weight is 419 g/mol. The normalized spacial score (nSPS) is 11.1.